The summed E-state index contributed by atoms with van der Waals surface area (Å²) in [5, 5.41) is 6.24. The predicted octanol–water partition coefficient (Wildman–Crippen LogP) is 2.22. The van der Waals surface area contributed by atoms with Crippen LogP contribution in [0.4, 0.5) is 0 Å². The fraction of sp³-hybridized carbons (Fsp3) is 0.625. The number of aromatic nitrogens is 1. The highest BCUT2D eigenvalue weighted by Crippen LogP contribution is 2.03. The summed E-state index contributed by atoms with van der Waals surface area (Å²) in [5.41, 5.74) is 2.07. The molecule has 1 atom stereocenters. The number of hydrogen-bond acceptors (Lipinski definition) is 3. The zero-order chi connectivity index (χ0) is 14.8. The Morgan fingerprint density at radius 1 is 1.40 bits per heavy atom. The SMILES string of the molecule is CCCC.Cc1cncc(CC(=O)NC2CCNC2)c1. The van der Waals surface area contributed by atoms with E-state index in [1.807, 2.05) is 13.0 Å². The van der Waals surface area contributed by atoms with Crippen molar-refractivity contribution in [1.82, 2.24) is 15.6 Å². The first-order valence-corrected chi connectivity index (χ1v) is 7.56. The molecule has 0 saturated carbocycles. The van der Waals surface area contributed by atoms with Gasteiger partial charge in [0, 0.05) is 25.0 Å². The first kappa shape index (κ1) is 16.6. The van der Waals surface area contributed by atoms with Crippen LogP contribution in [0, 0.1) is 6.92 Å². The van der Waals surface area contributed by atoms with Crippen molar-refractivity contribution >= 4 is 5.91 Å². The summed E-state index contributed by atoms with van der Waals surface area (Å²) in [6.07, 6.45) is 7.63. The maximum absolute atomic E-state index is 11.7. The predicted molar refractivity (Wildman–Crippen MR) is 82.7 cm³/mol. The largest absolute Gasteiger partial charge is 0.352 e. The van der Waals surface area contributed by atoms with Gasteiger partial charge in [-0.3, -0.25) is 9.78 Å². The Kier molecular flexibility index (Phi) is 7.88. The van der Waals surface area contributed by atoms with E-state index in [0.29, 0.717) is 12.5 Å². The van der Waals surface area contributed by atoms with E-state index in [9.17, 15) is 4.79 Å². The molecule has 2 heterocycles. The molecule has 1 unspecified atom stereocenters. The summed E-state index contributed by atoms with van der Waals surface area (Å²) in [5.74, 6) is 0.0844. The average Bonchev–Trinajstić information content (AvgIpc) is 2.91. The number of pyridine rings is 1. The second kappa shape index (κ2) is 9.48. The third-order valence-electron chi connectivity index (χ3n) is 3.22. The maximum atomic E-state index is 11.7. The fourth-order valence-corrected chi connectivity index (χ4v) is 1.96. The van der Waals surface area contributed by atoms with Gasteiger partial charge in [-0.05, 0) is 31.0 Å². The number of rotatable bonds is 4. The molecule has 2 N–H and O–H groups in total. The van der Waals surface area contributed by atoms with Gasteiger partial charge < -0.3 is 10.6 Å². The molecular formula is C16H27N3O. The van der Waals surface area contributed by atoms with E-state index in [-0.39, 0.29) is 5.91 Å². The van der Waals surface area contributed by atoms with E-state index in [2.05, 4.69) is 29.5 Å². The van der Waals surface area contributed by atoms with Crippen molar-refractivity contribution in [3.63, 3.8) is 0 Å². The Morgan fingerprint density at radius 2 is 2.15 bits per heavy atom. The van der Waals surface area contributed by atoms with Gasteiger partial charge in [0.05, 0.1) is 6.42 Å². The molecule has 0 aliphatic carbocycles. The second-order valence-corrected chi connectivity index (χ2v) is 5.30. The topological polar surface area (TPSA) is 54.0 Å². The molecule has 1 aromatic heterocycles. The van der Waals surface area contributed by atoms with Crippen LogP contribution in [0.1, 0.15) is 44.2 Å². The number of nitrogens with one attached hydrogen (secondary N) is 2. The number of amides is 1. The molecule has 0 aromatic carbocycles. The van der Waals surface area contributed by atoms with Crippen molar-refractivity contribution in [1.29, 1.82) is 0 Å². The zero-order valence-electron chi connectivity index (χ0n) is 12.9. The van der Waals surface area contributed by atoms with Gasteiger partial charge in [0.1, 0.15) is 0 Å². The van der Waals surface area contributed by atoms with Gasteiger partial charge in [0.2, 0.25) is 5.91 Å². The number of carbonyl (C=O) groups excluding carboxylic acids is 1. The van der Waals surface area contributed by atoms with Crippen molar-refractivity contribution in [3.05, 3.63) is 29.6 Å². The van der Waals surface area contributed by atoms with E-state index in [1.165, 1.54) is 12.8 Å². The maximum Gasteiger partial charge on any atom is 0.224 e. The molecule has 4 heteroatoms. The smallest absolute Gasteiger partial charge is 0.224 e. The van der Waals surface area contributed by atoms with Crippen molar-refractivity contribution in [2.45, 2.75) is 52.5 Å². The molecule has 1 amide bonds. The van der Waals surface area contributed by atoms with Gasteiger partial charge >= 0.3 is 0 Å². The third-order valence-corrected chi connectivity index (χ3v) is 3.22. The minimum absolute atomic E-state index is 0.0844. The van der Waals surface area contributed by atoms with Crippen LogP contribution in [0.25, 0.3) is 0 Å². The standard InChI is InChI=1S/C12H17N3O.C4H10/c1-9-4-10(7-14-6-9)5-12(16)15-11-2-3-13-8-11;1-3-4-2/h4,6-7,11,13H,2-3,5,8H2,1H3,(H,15,16);3-4H2,1-2H3. The summed E-state index contributed by atoms with van der Waals surface area (Å²) in [7, 11) is 0. The molecule has 20 heavy (non-hydrogen) atoms. The molecule has 2 rings (SSSR count). The third kappa shape index (κ3) is 6.66. The second-order valence-electron chi connectivity index (χ2n) is 5.30. The van der Waals surface area contributed by atoms with Gasteiger partial charge in [0.25, 0.3) is 0 Å². The summed E-state index contributed by atoms with van der Waals surface area (Å²) in [6.45, 7) is 8.23. The van der Waals surface area contributed by atoms with Gasteiger partial charge in [-0.2, -0.15) is 0 Å². The van der Waals surface area contributed by atoms with E-state index >= 15 is 0 Å². The van der Waals surface area contributed by atoms with Gasteiger partial charge in [0.15, 0.2) is 0 Å². The van der Waals surface area contributed by atoms with E-state index < -0.39 is 0 Å². The molecule has 1 aliphatic rings. The highest BCUT2D eigenvalue weighted by Gasteiger charge is 2.16. The molecule has 0 bridgehead atoms. The van der Waals surface area contributed by atoms with E-state index in [4.69, 9.17) is 0 Å². The van der Waals surface area contributed by atoms with Crippen molar-refractivity contribution in [2.75, 3.05) is 13.1 Å². The minimum atomic E-state index is 0.0844. The number of nitrogens with zero attached hydrogens (tertiary/aromatic N) is 1. The summed E-state index contributed by atoms with van der Waals surface area (Å²) in [6, 6.07) is 2.30. The molecular weight excluding hydrogens is 250 g/mol. The molecule has 1 aromatic rings. The lowest BCUT2D eigenvalue weighted by Gasteiger charge is -2.11. The number of unbranched alkanes of at least 4 members (excludes halogenated alkanes) is 1. The molecule has 1 fully saturated rings. The van der Waals surface area contributed by atoms with Crippen LogP contribution in [0.3, 0.4) is 0 Å². The molecule has 1 saturated heterocycles. The van der Waals surface area contributed by atoms with E-state index in [0.717, 1.165) is 30.6 Å². The first-order valence-electron chi connectivity index (χ1n) is 7.56. The Hall–Kier alpha value is -1.42. The number of carbonyl (C=O) groups is 1. The molecule has 0 spiro atoms. The lowest BCUT2D eigenvalue weighted by atomic mass is 10.1. The summed E-state index contributed by atoms with van der Waals surface area (Å²) < 4.78 is 0. The zero-order valence-corrected chi connectivity index (χ0v) is 12.9. The lowest BCUT2D eigenvalue weighted by Crippen LogP contribution is -2.37. The Balaban J connectivity index is 0.000000444. The van der Waals surface area contributed by atoms with Crippen LogP contribution in [0.15, 0.2) is 18.5 Å². The quantitative estimate of drug-likeness (QED) is 0.887. The highest BCUT2D eigenvalue weighted by atomic mass is 16.1. The normalized spacial score (nSPS) is 17.2. The lowest BCUT2D eigenvalue weighted by molar-refractivity contribution is -0.121. The number of aryl methyl sites for hydroxylation is 1. The van der Waals surface area contributed by atoms with Crippen molar-refractivity contribution < 1.29 is 4.79 Å². The summed E-state index contributed by atoms with van der Waals surface area (Å²) in [4.78, 5) is 15.8. The first-order chi connectivity index (χ1) is 9.65. The molecule has 1 aliphatic heterocycles. The van der Waals surface area contributed by atoms with Gasteiger partial charge in [-0.15, -0.1) is 0 Å². The van der Waals surface area contributed by atoms with Crippen molar-refractivity contribution in [3.8, 4) is 0 Å². The Bertz CT molecular complexity index is 398. The monoisotopic (exact) mass is 277 g/mol. The molecule has 4 nitrogen and oxygen atoms in total. The van der Waals surface area contributed by atoms with Crippen LogP contribution in [0.5, 0.6) is 0 Å². The van der Waals surface area contributed by atoms with Gasteiger partial charge in [-0.25, -0.2) is 0 Å². The van der Waals surface area contributed by atoms with Crippen molar-refractivity contribution in [2.24, 2.45) is 0 Å². The Labute approximate surface area is 122 Å². The summed E-state index contributed by atoms with van der Waals surface area (Å²) >= 11 is 0. The minimum Gasteiger partial charge on any atom is -0.352 e. The van der Waals surface area contributed by atoms with Crippen LogP contribution < -0.4 is 10.6 Å². The van der Waals surface area contributed by atoms with Crippen LogP contribution in [-0.2, 0) is 11.2 Å². The number of hydrogen-bond donors (Lipinski definition) is 2. The average molecular weight is 277 g/mol. The fourth-order valence-electron chi connectivity index (χ4n) is 1.96. The van der Waals surface area contributed by atoms with Crippen LogP contribution in [-0.4, -0.2) is 30.0 Å². The Morgan fingerprint density at radius 3 is 2.70 bits per heavy atom. The van der Waals surface area contributed by atoms with E-state index in [1.54, 1.807) is 12.4 Å². The van der Waals surface area contributed by atoms with Gasteiger partial charge in [-0.1, -0.05) is 32.8 Å². The molecule has 0 radical (unpaired) electrons. The highest BCUT2D eigenvalue weighted by molar-refractivity contribution is 5.78. The molecule has 112 valence electrons. The van der Waals surface area contributed by atoms with Crippen LogP contribution >= 0.6 is 0 Å². The van der Waals surface area contributed by atoms with Crippen LogP contribution in [0.2, 0.25) is 0 Å².